The predicted molar refractivity (Wildman–Crippen MR) is 80.0 cm³/mol. The topological polar surface area (TPSA) is 61.4 Å². The lowest BCUT2D eigenvalue weighted by molar-refractivity contribution is 0.0963. The molecule has 0 aromatic heterocycles. The molecule has 0 saturated carbocycles. The number of phenols is 1. The minimum Gasteiger partial charge on any atom is -0.508 e. The van der Waals surface area contributed by atoms with Crippen molar-refractivity contribution in [3.8, 4) is 5.75 Å². The maximum Gasteiger partial charge on any atom is 0.251 e. The normalized spacial score (nSPS) is 10.1. The fourth-order valence-electron chi connectivity index (χ4n) is 1.96. The van der Waals surface area contributed by atoms with Crippen LogP contribution in [0.15, 0.2) is 42.5 Å². The highest BCUT2D eigenvalue weighted by Crippen LogP contribution is 2.19. The maximum atomic E-state index is 11.6. The van der Waals surface area contributed by atoms with Crippen molar-refractivity contribution in [3.63, 3.8) is 0 Å². The summed E-state index contributed by atoms with van der Waals surface area (Å²) in [6, 6.07) is 12.6. The molecule has 0 aliphatic carbocycles. The number of amides is 1. The molecule has 0 atom stereocenters. The average Bonchev–Trinajstić information content (AvgIpc) is 2.45. The number of rotatable bonds is 4. The number of aryl methyl sites for hydroxylation is 1. The highest BCUT2D eigenvalue weighted by Gasteiger charge is 2.06. The van der Waals surface area contributed by atoms with Gasteiger partial charge in [0.05, 0.1) is 0 Å². The molecular formula is C16H18N2O2. The Morgan fingerprint density at radius 1 is 1.20 bits per heavy atom. The van der Waals surface area contributed by atoms with Gasteiger partial charge in [-0.25, -0.2) is 0 Å². The molecular weight excluding hydrogens is 252 g/mol. The summed E-state index contributed by atoms with van der Waals surface area (Å²) in [5, 5.41) is 15.3. The summed E-state index contributed by atoms with van der Waals surface area (Å²) >= 11 is 0. The first-order valence-electron chi connectivity index (χ1n) is 6.44. The zero-order chi connectivity index (χ0) is 14.5. The zero-order valence-electron chi connectivity index (χ0n) is 11.6. The highest BCUT2D eigenvalue weighted by molar-refractivity contribution is 5.95. The number of benzene rings is 2. The molecule has 1 amide bonds. The number of carbonyl (C=O) groups excluding carboxylic acids is 1. The van der Waals surface area contributed by atoms with Crippen molar-refractivity contribution in [2.24, 2.45) is 0 Å². The van der Waals surface area contributed by atoms with E-state index < -0.39 is 0 Å². The average molecular weight is 270 g/mol. The van der Waals surface area contributed by atoms with Gasteiger partial charge >= 0.3 is 0 Å². The molecule has 0 spiro atoms. The van der Waals surface area contributed by atoms with E-state index in [1.165, 1.54) is 0 Å². The second kappa shape index (κ2) is 6.10. The van der Waals surface area contributed by atoms with Crippen LogP contribution in [0.25, 0.3) is 0 Å². The molecule has 20 heavy (non-hydrogen) atoms. The quantitative estimate of drug-likeness (QED) is 0.800. The molecule has 0 heterocycles. The van der Waals surface area contributed by atoms with Gasteiger partial charge in [0.25, 0.3) is 5.91 Å². The van der Waals surface area contributed by atoms with Crippen molar-refractivity contribution in [1.82, 2.24) is 5.32 Å². The van der Waals surface area contributed by atoms with Crippen molar-refractivity contribution in [1.29, 1.82) is 0 Å². The van der Waals surface area contributed by atoms with Gasteiger partial charge in [0.1, 0.15) is 5.75 Å². The first kappa shape index (κ1) is 13.9. The molecule has 0 unspecified atom stereocenters. The van der Waals surface area contributed by atoms with Gasteiger partial charge in [-0.3, -0.25) is 4.79 Å². The number of hydrogen-bond donors (Lipinski definition) is 3. The molecule has 2 rings (SSSR count). The molecule has 2 aromatic rings. The maximum absolute atomic E-state index is 11.6. The molecule has 0 fully saturated rings. The van der Waals surface area contributed by atoms with Crippen molar-refractivity contribution < 1.29 is 9.90 Å². The highest BCUT2D eigenvalue weighted by atomic mass is 16.3. The third-order valence-electron chi connectivity index (χ3n) is 3.12. The molecule has 4 nitrogen and oxygen atoms in total. The molecule has 0 aliphatic rings. The Morgan fingerprint density at radius 3 is 2.70 bits per heavy atom. The van der Waals surface area contributed by atoms with Crippen LogP contribution in [-0.4, -0.2) is 18.1 Å². The van der Waals surface area contributed by atoms with Gasteiger partial charge in [-0.2, -0.15) is 0 Å². The second-order valence-corrected chi connectivity index (χ2v) is 4.63. The molecule has 3 N–H and O–H groups in total. The Kier molecular flexibility index (Phi) is 4.25. The number of aromatic hydroxyl groups is 1. The number of anilines is 1. The number of phenolic OH excluding ortho intramolecular Hbond substituents is 1. The molecule has 0 saturated heterocycles. The summed E-state index contributed by atoms with van der Waals surface area (Å²) < 4.78 is 0. The minimum absolute atomic E-state index is 0.106. The van der Waals surface area contributed by atoms with Gasteiger partial charge in [-0.1, -0.05) is 18.2 Å². The van der Waals surface area contributed by atoms with Crippen LogP contribution < -0.4 is 10.6 Å². The van der Waals surface area contributed by atoms with E-state index in [9.17, 15) is 9.90 Å². The van der Waals surface area contributed by atoms with Crippen LogP contribution >= 0.6 is 0 Å². The van der Waals surface area contributed by atoms with Gasteiger partial charge in [-0.05, 0) is 42.3 Å². The van der Waals surface area contributed by atoms with Gasteiger partial charge in [0.15, 0.2) is 0 Å². The number of hydrogen-bond acceptors (Lipinski definition) is 3. The van der Waals surface area contributed by atoms with Crippen molar-refractivity contribution >= 4 is 11.6 Å². The Morgan fingerprint density at radius 2 is 2.00 bits per heavy atom. The Hall–Kier alpha value is -2.49. The van der Waals surface area contributed by atoms with Crippen LogP contribution in [0.4, 0.5) is 5.69 Å². The minimum atomic E-state index is -0.106. The van der Waals surface area contributed by atoms with Crippen molar-refractivity contribution in [2.75, 3.05) is 12.4 Å². The van der Waals surface area contributed by atoms with Crippen molar-refractivity contribution in [3.05, 3.63) is 59.2 Å². The van der Waals surface area contributed by atoms with Crippen LogP contribution in [0.1, 0.15) is 21.5 Å². The van der Waals surface area contributed by atoms with E-state index >= 15 is 0 Å². The lowest BCUT2D eigenvalue weighted by Gasteiger charge is -2.11. The third-order valence-corrected chi connectivity index (χ3v) is 3.12. The van der Waals surface area contributed by atoms with E-state index in [1.54, 1.807) is 31.3 Å². The molecule has 0 aliphatic heterocycles. The predicted octanol–water partition coefficient (Wildman–Crippen LogP) is 2.67. The molecule has 4 heteroatoms. The van der Waals surface area contributed by atoms with E-state index in [0.717, 1.165) is 16.8 Å². The zero-order valence-corrected chi connectivity index (χ0v) is 11.6. The van der Waals surface area contributed by atoms with Crippen LogP contribution in [0.5, 0.6) is 5.75 Å². The fourth-order valence-corrected chi connectivity index (χ4v) is 1.96. The van der Waals surface area contributed by atoms with Gasteiger partial charge in [-0.15, -0.1) is 0 Å². The van der Waals surface area contributed by atoms with E-state index in [0.29, 0.717) is 12.1 Å². The molecule has 0 radical (unpaired) electrons. The Bertz CT molecular complexity index is 624. The van der Waals surface area contributed by atoms with Crippen LogP contribution in [-0.2, 0) is 6.54 Å². The summed E-state index contributed by atoms with van der Waals surface area (Å²) in [6.07, 6.45) is 0. The summed E-state index contributed by atoms with van der Waals surface area (Å²) in [7, 11) is 1.61. The summed E-state index contributed by atoms with van der Waals surface area (Å²) in [5.41, 5.74) is 3.58. The second-order valence-electron chi connectivity index (χ2n) is 4.63. The van der Waals surface area contributed by atoms with Gasteiger partial charge in [0.2, 0.25) is 0 Å². The molecule has 104 valence electrons. The largest absolute Gasteiger partial charge is 0.508 e. The Balaban J connectivity index is 2.14. The fraction of sp³-hybridized carbons (Fsp3) is 0.188. The third kappa shape index (κ3) is 3.29. The number of carbonyl (C=O) groups is 1. The Labute approximate surface area is 118 Å². The first-order valence-corrected chi connectivity index (χ1v) is 6.44. The first-order chi connectivity index (χ1) is 9.60. The van der Waals surface area contributed by atoms with Gasteiger partial charge < -0.3 is 15.7 Å². The van der Waals surface area contributed by atoms with Crippen molar-refractivity contribution in [2.45, 2.75) is 13.5 Å². The van der Waals surface area contributed by atoms with Crippen LogP contribution in [0.2, 0.25) is 0 Å². The van der Waals surface area contributed by atoms with E-state index in [-0.39, 0.29) is 11.7 Å². The SMILES string of the molecule is CNC(=O)c1ccc(C)c(NCc2cccc(O)c2)c1. The van der Waals surface area contributed by atoms with E-state index in [2.05, 4.69) is 10.6 Å². The summed E-state index contributed by atoms with van der Waals surface area (Å²) in [5.74, 6) is 0.144. The van der Waals surface area contributed by atoms with E-state index in [1.807, 2.05) is 25.1 Å². The summed E-state index contributed by atoms with van der Waals surface area (Å²) in [4.78, 5) is 11.6. The molecule has 0 bridgehead atoms. The lowest BCUT2D eigenvalue weighted by atomic mass is 10.1. The van der Waals surface area contributed by atoms with E-state index in [4.69, 9.17) is 0 Å². The smallest absolute Gasteiger partial charge is 0.251 e. The van der Waals surface area contributed by atoms with Crippen LogP contribution in [0.3, 0.4) is 0 Å². The molecule has 2 aromatic carbocycles. The number of nitrogens with one attached hydrogen (secondary N) is 2. The lowest BCUT2D eigenvalue weighted by Crippen LogP contribution is -2.18. The summed E-state index contributed by atoms with van der Waals surface area (Å²) in [6.45, 7) is 2.57. The van der Waals surface area contributed by atoms with Crippen LogP contribution in [0, 0.1) is 6.92 Å². The standard InChI is InChI=1S/C16H18N2O2/c1-11-6-7-13(16(20)17-2)9-15(11)18-10-12-4-3-5-14(19)8-12/h3-9,18-19H,10H2,1-2H3,(H,17,20). The van der Waals surface area contributed by atoms with Gasteiger partial charge in [0, 0.05) is 24.8 Å². The monoisotopic (exact) mass is 270 g/mol.